The molecule has 0 aliphatic carbocycles. The highest BCUT2D eigenvalue weighted by Crippen LogP contribution is 2.24. The van der Waals surface area contributed by atoms with Crippen LogP contribution in [0.25, 0.3) is 0 Å². The van der Waals surface area contributed by atoms with E-state index in [0.29, 0.717) is 11.6 Å². The van der Waals surface area contributed by atoms with Gasteiger partial charge in [-0.3, -0.25) is 14.9 Å². The van der Waals surface area contributed by atoms with Crippen molar-refractivity contribution >= 4 is 28.9 Å². The summed E-state index contributed by atoms with van der Waals surface area (Å²) in [5.74, 6) is -0.0550. The van der Waals surface area contributed by atoms with E-state index in [-0.39, 0.29) is 16.3 Å². The third-order valence-electron chi connectivity index (χ3n) is 3.22. The van der Waals surface area contributed by atoms with Gasteiger partial charge in [-0.2, -0.15) is 0 Å². The van der Waals surface area contributed by atoms with Crippen LogP contribution in [0.3, 0.4) is 0 Å². The van der Waals surface area contributed by atoms with Crippen LogP contribution in [0.5, 0.6) is 0 Å². The van der Waals surface area contributed by atoms with Crippen LogP contribution in [0.15, 0.2) is 42.5 Å². The number of nitro benzene ring substituents is 1. The number of carbonyl (C=O) groups excluding carboxylic acids is 1. The monoisotopic (exact) mass is 318 g/mol. The highest BCUT2D eigenvalue weighted by molar-refractivity contribution is 6.34. The number of nitrogens with one attached hydrogen (secondary N) is 1. The molecule has 0 saturated heterocycles. The molecule has 0 spiro atoms. The van der Waals surface area contributed by atoms with Crippen molar-refractivity contribution in [3.8, 4) is 0 Å². The van der Waals surface area contributed by atoms with Crippen molar-refractivity contribution in [2.75, 3.05) is 5.32 Å². The highest BCUT2D eigenvalue weighted by Gasteiger charge is 2.15. The molecular formula is C16H15ClN2O3. The van der Waals surface area contributed by atoms with Crippen molar-refractivity contribution in [1.29, 1.82) is 0 Å². The molecule has 2 rings (SSSR count). The molecule has 0 fully saturated rings. The number of benzene rings is 2. The summed E-state index contributed by atoms with van der Waals surface area (Å²) in [6.07, 6.45) is 0. The van der Waals surface area contributed by atoms with E-state index in [1.807, 2.05) is 18.2 Å². The molecule has 5 nitrogen and oxygen atoms in total. The van der Waals surface area contributed by atoms with Gasteiger partial charge >= 0.3 is 0 Å². The van der Waals surface area contributed by atoms with Crippen LogP contribution in [-0.4, -0.2) is 10.8 Å². The fourth-order valence-corrected chi connectivity index (χ4v) is 2.24. The van der Waals surface area contributed by atoms with Crippen LogP contribution in [-0.2, 0) is 0 Å². The first-order valence-corrected chi connectivity index (χ1v) is 7.11. The fraction of sp³-hybridized carbons (Fsp3) is 0.188. The van der Waals surface area contributed by atoms with E-state index in [0.717, 1.165) is 5.56 Å². The quantitative estimate of drug-likeness (QED) is 0.660. The summed E-state index contributed by atoms with van der Waals surface area (Å²) in [6, 6.07) is 11.3. The number of anilines is 1. The Morgan fingerprint density at radius 1 is 1.23 bits per heavy atom. The van der Waals surface area contributed by atoms with E-state index in [1.54, 1.807) is 6.07 Å². The van der Waals surface area contributed by atoms with Gasteiger partial charge in [0.05, 0.1) is 15.5 Å². The summed E-state index contributed by atoms with van der Waals surface area (Å²) in [4.78, 5) is 22.3. The maximum Gasteiger partial charge on any atom is 0.270 e. The van der Waals surface area contributed by atoms with Crippen molar-refractivity contribution in [2.45, 2.75) is 19.8 Å². The summed E-state index contributed by atoms with van der Waals surface area (Å²) >= 11 is 5.95. The zero-order chi connectivity index (χ0) is 16.3. The normalized spacial score (nSPS) is 10.5. The minimum absolute atomic E-state index is 0.0479. The van der Waals surface area contributed by atoms with Crippen LogP contribution in [0.2, 0.25) is 5.02 Å². The first kappa shape index (κ1) is 16.0. The SMILES string of the molecule is CC(C)c1cccc(NC(=O)c2ccc([N+](=O)[O-])cc2Cl)c1. The second-order valence-electron chi connectivity index (χ2n) is 5.16. The molecule has 0 unspecified atom stereocenters. The third kappa shape index (κ3) is 3.62. The molecule has 114 valence electrons. The van der Waals surface area contributed by atoms with Crippen molar-refractivity contribution in [3.05, 3.63) is 68.7 Å². The molecule has 22 heavy (non-hydrogen) atoms. The molecule has 0 heterocycles. The Kier molecular flexibility index (Phi) is 4.78. The van der Waals surface area contributed by atoms with Crippen molar-refractivity contribution < 1.29 is 9.72 Å². The molecule has 6 heteroatoms. The van der Waals surface area contributed by atoms with Gasteiger partial charge in [0.2, 0.25) is 0 Å². The molecule has 0 saturated carbocycles. The largest absolute Gasteiger partial charge is 0.322 e. The number of carbonyl (C=O) groups is 1. The lowest BCUT2D eigenvalue weighted by molar-refractivity contribution is -0.384. The molecular weight excluding hydrogens is 304 g/mol. The number of nitrogens with zero attached hydrogens (tertiary/aromatic N) is 1. The topological polar surface area (TPSA) is 72.2 Å². The first-order chi connectivity index (χ1) is 10.4. The van der Waals surface area contributed by atoms with Crippen molar-refractivity contribution in [3.63, 3.8) is 0 Å². The van der Waals surface area contributed by atoms with E-state index in [9.17, 15) is 14.9 Å². The Bertz CT molecular complexity index is 729. The maximum atomic E-state index is 12.2. The molecule has 2 aromatic carbocycles. The molecule has 0 aliphatic rings. The van der Waals surface area contributed by atoms with Gasteiger partial charge in [-0.25, -0.2) is 0 Å². The summed E-state index contributed by atoms with van der Waals surface area (Å²) in [5, 5.41) is 13.5. The molecule has 1 amide bonds. The van der Waals surface area contributed by atoms with Gasteiger partial charge in [0.1, 0.15) is 0 Å². The minimum atomic E-state index is -0.556. The number of halogens is 1. The van der Waals surface area contributed by atoms with Crippen LogP contribution in [0.1, 0.15) is 35.7 Å². The molecule has 0 radical (unpaired) electrons. The predicted molar refractivity (Wildman–Crippen MR) is 86.6 cm³/mol. The standard InChI is InChI=1S/C16H15ClN2O3/c1-10(2)11-4-3-5-12(8-11)18-16(20)14-7-6-13(19(21)22)9-15(14)17/h3-10H,1-2H3,(H,18,20). The van der Waals surface area contributed by atoms with Crippen molar-refractivity contribution in [2.24, 2.45) is 0 Å². The second kappa shape index (κ2) is 6.58. The third-order valence-corrected chi connectivity index (χ3v) is 3.53. The van der Waals surface area contributed by atoms with E-state index >= 15 is 0 Å². The Balaban J connectivity index is 2.22. The summed E-state index contributed by atoms with van der Waals surface area (Å²) in [7, 11) is 0. The Morgan fingerprint density at radius 2 is 1.95 bits per heavy atom. The first-order valence-electron chi connectivity index (χ1n) is 6.73. The summed E-state index contributed by atoms with van der Waals surface area (Å²) < 4.78 is 0. The van der Waals surface area contributed by atoms with Crippen LogP contribution in [0.4, 0.5) is 11.4 Å². The van der Waals surface area contributed by atoms with E-state index in [2.05, 4.69) is 19.2 Å². The second-order valence-corrected chi connectivity index (χ2v) is 5.56. The predicted octanol–water partition coefficient (Wildman–Crippen LogP) is 4.62. The molecule has 0 aliphatic heterocycles. The van der Waals surface area contributed by atoms with E-state index < -0.39 is 10.8 Å². The lowest BCUT2D eigenvalue weighted by atomic mass is 10.0. The smallest absolute Gasteiger partial charge is 0.270 e. The van der Waals surface area contributed by atoms with Gasteiger partial charge in [0, 0.05) is 17.8 Å². The number of amides is 1. The number of hydrogen-bond donors (Lipinski definition) is 1. The fourth-order valence-electron chi connectivity index (χ4n) is 1.98. The number of hydrogen-bond acceptors (Lipinski definition) is 3. The van der Waals surface area contributed by atoms with Gasteiger partial charge in [0.25, 0.3) is 11.6 Å². The molecule has 0 atom stereocenters. The van der Waals surface area contributed by atoms with Gasteiger partial charge in [-0.1, -0.05) is 37.6 Å². The lowest BCUT2D eigenvalue weighted by Crippen LogP contribution is -2.12. The Morgan fingerprint density at radius 3 is 2.55 bits per heavy atom. The van der Waals surface area contributed by atoms with Crippen LogP contribution < -0.4 is 5.32 Å². The number of rotatable bonds is 4. The summed E-state index contributed by atoms with van der Waals surface area (Å²) in [5.41, 5.74) is 1.81. The Hall–Kier alpha value is -2.40. The minimum Gasteiger partial charge on any atom is -0.322 e. The van der Waals surface area contributed by atoms with Crippen LogP contribution in [0, 0.1) is 10.1 Å². The zero-order valence-electron chi connectivity index (χ0n) is 12.2. The zero-order valence-corrected chi connectivity index (χ0v) is 12.9. The molecule has 1 N–H and O–H groups in total. The highest BCUT2D eigenvalue weighted by atomic mass is 35.5. The van der Waals surface area contributed by atoms with Crippen LogP contribution >= 0.6 is 11.6 Å². The van der Waals surface area contributed by atoms with Gasteiger partial charge in [-0.15, -0.1) is 0 Å². The van der Waals surface area contributed by atoms with Gasteiger partial charge in [-0.05, 0) is 29.7 Å². The number of nitro groups is 1. The average molecular weight is 319 g/mol. The number of non-ortho nitro benzene ring substituents is 1. The molecule has 0 aromatic heterocycles. The van der Waals surface area contributed by atoms with E-state index in [4.69, 9.17) is 11.6 Å². The van der Waals surface area contributed by atoms with Gasteiger partial charge < -0.3 is 5.32 Å². The maximum absolute atomic E-state index is 12.2. The molecule has 0 bridgehead atoms. The van der Waals surface area contributed by atoms with Crippen molar-refractivity contribution in [1.82, 2.24) is 0 Å². The lowest BCUT2D eigenvalue weighted by Gasteiger charge is -2.10. The average Bonchev–Trinajstić information content (AvgIpc) is 2.47. The van der Waals surface area contributed by atoms with Gasteiger partial charge in [0.15, 0.2) is 0 Å². The molecule has 2 aromatic rings. The van der Waals surface area contributed by atoms with E-state index in [1.165, 1.54) is 18.2 Å². The Labute approximate surface area is 133 Å². The summed E-state index contributed by atoms with van der Waals surface area (Å²) in [6.45, 7) is 4.13.